The van der Waals surface area contributed by atoms with E-state index in [2.05, 4.69) is 5.92 Å². The number of carboxylic acid groups (broad SMARTS) is 1. The van der Waals surface area contributed by atoms with Crippen molar-refractivity contribution in [3.63, 3.8) is 0 Å². The zero-order valence-corrected chi connectivity index (χ0v) is 8.35. The molecule has 0 radical (unpaired) electrons. The van der Waals surface area contributed by atoms with Crippen molar-refractivity contribution >= 4 is 17.7 Å². The van der Waals surface area contributed by atoms with Crippen LogP contribution in [0, 0.1) is 12.3 Å². The monoisotopic (exact) mass is 201 g/mol. The fraction of sp³-hybridized carbons (Fsp3) is 0.667. The summed E-state index contributed by atoms with van der Waals surface area (Å²) in [7, 11) is 0. The van der Waals surface area contributed by atoms with Crippen molar-refractivity contribution < 1.29 is 9.90 Å². The second-order valence-electron chi connectivity index (χ2n) is 2.68. The van der Waals surface area contributed by atoms with Crippen molar-refractivity contribution in [2.24, 2.45) is 5.73 Å². The number of carbonyl (C=O) groups is 1. The molecule has 4 heteroatoms. The summed E-state index contributed by atoms with van der Waals surface area (Å²) >= 11 is 1.57. The Morgan fingerprint density at radius 3 is 2.85 bits per heavy atom. The summed E-state index contributed by atoms with van der Waals surface area (Å²) in [4.78, 5) is 10.3. The summed E-state index contributed by atoms with van der Waals surface area (Å²) in [6.45, 7) is 0. The molecule has 0 bridgehead atoms. The van der Waals surface area contributed by atoms with Gasteiger partial charge in [-0.15, -0.1) is 12.3 Å². The van der Waals surface area contributed by atoms with E-state index >= 15 is 0 Å². The van der Waals surface area contributed by atoms with Crippen LogP contribution in [0.1, 0.15) is 19.3 Å². The Morgan fingerprint density at radius 2 is 2.31 bits per heavy atom. The van der Waals surface area contributed by atoms with Gasteiger partial charge in [0.25, 0.3) is 0 Å². The van der Waals surface area contributed by atoms with Crippen LogP contribution in [-0.2, 0) is 4.79 Å². The average Bonchev–Trinajstić information content (AvgIpc) is 2.10. The van der Waals surface area contributed by atoms with E-state index in [4.69, 9.17) is 17.3 Å². The fourth-order valence-electron chi connectivity index (χ4n) is 0.713. The Kier molecular flexibility index (Phi) is 7.56. The van der Waals surface area contributed by atoms with Crippen LogP contribution in [0.4, 0.5) is 0 Å². The lowest BCUT2D eigenvalue weighted by Gasteiger charge is -2.04. The number of hydrogen-bond acceptors (Lipinski definition) is 3. The first-order valence-corrected chi connectivity index (χ1v) is 5.33. The predicted octanol–water partition coefficient (Wildman–Crippen LogP) is 0.935. The lowest BCUT2D eigenvalue weighted by Crippen LogP contribution is -2.32. The number of aliphatic carboxylic acids is 1. The highest BCUT2D eigenvalue weighted by molar-refractivity contribution is 7.99. The zero-order valence-electron chi connectivity index (χ0n) is 7.53. The number of unbranched alkanes of at least 4 members (excludes halogenated alkanes) is 2. The molecule has 0 heterocycles. The highest BCUT2D eigenvalue weighted by Gasteiger charge is 2.09. The van der Waals surface area contributed by atoms with Crippen LogP contribution in [0.15, 0.2) is 0 Å². The largest absolute Gasteiger partial charge is 0.480 e. The van der Waals surface area contributed by atoms with Crippen molar-refractivity contribution in [1.82, 2.24) is 0 Å². The third-order valence-corrected chi connectivity index (χ3v) is 2.65. The second-order valence-corrected chi connectivity index (χ2v) is 3.83. The minimum atomic E-state index is -0.934. The Balaban J connectivity index is 3.17. The molecular formula is C9H15NO2S. The van der Waals surface area contributed by atoms with E-state index in [1.54, 1.807) is 11.8 Å². The third-order valence-electron chi connectivity index (χ3n) is 1.47. The minimum Gasteiger partial charge on any atom is -0.480 e. The van der Waals surface area contributed by atoms with Gasteiger partial charge in [0.2, 0.25) is 0 Å². The maximum absolute atomic E-state index is 10.3. The Morgan fingerprint density at radius 1 is 1.62 bits per heavy atom. The number of rotatable bonds is 7. The number of nitrogens with two attached hydrogens (primary N) is 1. The Labute approximate surface area is 83.1 Å². The molecule has 0 aromatic heterocycles. The summed E-state index contributed by atoms with van der Waals surface area (Å²) in [5.74, 6) is 3.03. The molecule has 0 fully saturated rings. The van der Waals surface area contributed by atoms with E-state index in [1.807, 2.05) is 0 Å². The normalized spacial score (nSPS) is 12.0. The van der Waals surface area contributed by atoms with Crippen LogP contribution in [-0.4, -0.2) is 28.6 Å². The summed E-state index contributed by atoms with van der Waals surface area (Å²) in [6, 6.07) is -0.738. The molecule has 0 amide bonds. The van der Waals surface area contributed by atoms with Crippen molar-refractivity contribution in [2.45, 2.75) is 25.3 Å². The molecule has 3 N–H and O–H groups in total. The summed E-state index contributed by atoms with van der Waals surface area (Å²) in [5.41, 5.74) is 5.30. The van der Waals surface area contributed by atoms with Crippen molar-refractivity contribution in [3.05, 3.63) is 0 Å². The highest BCUT2D eigenvalue weighted by Crippen LogP contribution is 2.06. The number of hydrogen-bond donors (Lipinski definition) is 2. The van der Waals surface area contributed by atoms with E-state index in [0.29, 0.717) is 5.75 Å². The van der Waals surface area contributed by atoms with Gasteiger partial charge in [-0.05, 0) is 18.6 Å². The molecule has 1 atom stereocenters. The fourth-order valence-corrected chi connectivity index (χ4v) is 1.68. The van der Waals surface area contributed by atoms with Gasteiger partial charge < -0.3 is 10.8 Å². The molecular weight excluding hydrogens is 186 g/mol. The smallest absolute Gasteiger partial charge is 0.321 e. The van der Waals surface area contributed by atoms with Crippen LogP contribution in [0.25, 0.3) is 0 Å². The third kappa shape index (κ3) is 7.69. The first kappa shape index (κ1) is 12.3. The molecule has 0 rings (SSSR count). The molecule has 0 aliphatic heterocycles. The lowest BCUT2D eigenvalue weighted by molar-refractivity contribution is -0.137. The zero-order chi connectivity index (χ0) is 10.1. The van der Waals surface area contributed by atoms with Crippen molar-refractivity contribution in [1.29, 1.82) is 0 Å². The van der Waals surface area contributed by atoms with Crippen LogP contribution in [0.3, 0.4) is 0 Å². The molecule has 0 saturated carbocycles. The maximum Gasteiger partial charge on any atom is 0.321 e. The van der Waals surface area contributed by atoms with Gasteiger partial charge in [0.05, 0.1) is 0 Å². The first-order chi connectivity index (χ1) is 6.18. The summed E-state index contributed by atoms with van der Waals surface area (Å²) < 4.78 is 0. The summed E-state index contributed by atoms with van der Waals surface area (Å²) in [5, 5.41) is 8.46. The van der Waals surface area contributed by atoms with Crippen LogP contribution in [0.2, 0.25) is 0 Å². The van der Waals surface area contributed by atoms with Crippen LogP contribution < -0.4 is 5.73 Å². The van der Waals surface area contributed by atoms with Gasteiger partial charge in [0.15, 0.2) is 0 Å². The Bertz CT molecular complexity index is 189. The minimum absolute atomic E-state index is 0.478. The van der Waals surface area contributed by atoms with Gasteiger partial charge in [0.1, 0.15) is 6.04 Å². The maximum atomic E-state index is 10.3. The molecule has 0 saturated heterocycles. The number of carboxylic acids is 1. The number of thioether (sulfide) groups is 1. The van der Waals surface area contributed by atoms with Gasteiger partial charge in [-0.2, -0.15) is 11.8 Å². The lowest BCUT2D eigenvalue weighted by atomic mass is 10.3. The van der Waals surface area contributed by atoms with Gasteiger partial charge in [-0.1, -0.05) is 0 Å². The molecule has 0 aliphatic carbocycles. The van der Waals surface area contributed by atoms with Gasteiger partial charge in [-0.25, -0.2) is 0 Å². The molecule has 74 valence electrons. The van der Waals surface area contributed by atoms with E-state index in [0.717, 1.165) is 25.0 Å². The van der Waals surface area contributed by atoms with Gasteiger partial charge >= 0.3 is 5.97 Å². The number of terminal acetylenes is 1. The highest BCUT2D eigenvalue weighted by atomic mass is 32.2. The van der Waals surface area contributed by atoms with E-state index in [1.165, 1.54) is 0 Å². The molecule has 0 aromatic rings. The van der Waals surface area contributed by atoms with Crippen LogP contribution >= 0.6 is 11.8 Å². The molecule has 0 aromatic carbocycles. The average molecular weight is 201 g/mol. The van der Waals surface area contributed by atoms with E-state index in [-0.39, 0.29) is 0 Å². The molecule has 3 nitrogen and oxygen atoms in total. The molecule has 1 unspecified atom stereocenters. The Hall–Kier alpha value is -0.660. The van der Waals surface area contributed by atoms with Crippen LogP contribution in [0.5, 0.6) is 0 Å². The van der Waals surface area contributed by atoms with E-state index < -0.39 is 12.0 Å². The SMILES string of the molecule is C#CCCCCSCC(N)C(=O)O. The molecule has 0 aliphatic rings. The standard InChI is InChI=1S/C9H15NO2S/c1-2-3-4-5-6-13-7-8(10)9(11)12/h1,8H,3-7,10H2,(H,11,12). The van der Waals surface area contributed by atoms with Crippen molar-refractivity contribution in [3.8, 4) is 12.3 Å². The van der Waals surface area contributed by atoms with Gasteiger partial charge in [0, 0.05) is 12.2 Å². The predicted molar refractivity (Wildman–Crippen MR) is 55.6 cm³/mol. The molecule has 13 heavy (non-hydrogen) atoms. The van der Waals surface area contributed by atoms with Crippen molar-refractivity contribution in [2.75, 3.05) is 11.5 Å². The van der Waals surface area contributed by atoms with Gasteiger partial charge in [-0.3, -0.25) is 4.79 Å². The first-order valence-electron chi connectivity index (χ1n) is 4.18. The second kappa shape index (κ2) is 7.96. The van der Waals surface area contributed by atoms with E-state index in [9.17, 15) is 4.79 Å². The molecule has 0 spiro atoms. The topological polar surface area (TPSA) is 63.3 Å². The quantitative estimate of drug-likeness (QED) is 0.475. The summed E-state index contributed by atoms with van der Waals surface area (Å²) in [6.07, 6.45) is 7.91.